The third kappa shape index (κ3) is 4.95. The largest absolute Gasteiger partial charge is 0.484 e. The average molecular weight is 443 g/mol. The molecule has 2 aliphatic rings. The van der Waals surface area contributed by atoms with E-state index in [-0.39, 0.29) is 19.1 Å². The minimum absolute atomic E-state index is 0.0216. The van der Waals surface area contributed by atoms with Crippen LogP contribution in [0, 0.1) is 0 Å². The highest BCUT2D eigenvalue weighted by atomic mass is 16.5. The molecule has 1 amide bonds. The normalized spacial score (nSPS) is 18.4. The molecule has 3 rings (SSSR count). The number of ether oxygens (including phenoxy) is 3. The number of hydrogen-bond acceptors (Lipinski definition) is 7. The van der Waals surface area contributed by atoms with Crippen LogP contribution in [0.5, 0.6) is 5.75 Å². The first-order valence-electron chi connectivity index (χ1n) is 10.8. The molecule has 1 aromatic carbocycles. The number of likely N-dealkylation sites (tertiary alicyclic amines) is 1. The van der Waals surface area contributed by atoms with Crippen LogP contribution in [0.1, 0.15) is 45.1 Å². The molecule has 1 aromatic rings. The smallest absolute Gasteiger partial charge is 0.336 e. The molecular formula is C24H30N2O6. The summed E-state index contributed by atoms with van der Waals surface area (Å²) in [5, 5.41) is 3.10. The lowest BCUT2D eigenvalue weighted by atomic mass is 9.80. The molecule has 172 valence electrons. The van der Waals surface area contributed by atoms with Crippen LogP contribution in [0.3, 0.4) is 0 Å². The number of allylic oxidation sites excluding steroid dienone is 2. The van der Waals surface area contributed by atoms with Gasteiger partial charge in [-0.3, -0.25) is 4.79 Å². The highest BCUT2D eigenvalue weighted by Crippen LogP contribution is 2.39. The quantitative estimate of drug-likeness (QED) is 0.649. The summed E-state index contributed by atoms with van der Waals surface area (Å²) in [6, 6.07) is 7.04. The number of carbonyl (C=O) groups excluding carboxylic acids is 3. The van der Waals surface area contributed by atoms with E-state index in [9.17, 15) is 14.4 Å². The van der Waals surface area contributed by atoms with Crippen molar-refractivity contribution < 1.29 is 28.6 Å². The summed E-state index contributed by atoms with van der Waals surface area (Å²) in [4.78, 5) is 39.4. The minimum Gasteiger partial charge on any atom is -0.484 e. The van der Waals surface area contributed by atoms with Gasteiger partial charge in [-0.2, -0.15) is 0 Å². The van der Waals surface area contributed by atoms with Gasteiger partial charge in [-0.1, -0.05) is 12.1 Å². The monoisotopic (exact) mass is 442 g/mol. The fourth-order valence-electron chi connectivity index (χ4n) is 4.15. The van der Waals surface area contributed by atoms with E-state index in [0.29, 0.717) is 33.9 Å². The molecule has 1 N–H and O–H groups in total. The first kappa shape index (κ1) is 23.4. The number of rotatable bonds is 7. The van der Waals surface area contributed by atoms with E-state index in [0.717, 1.165) is 25.9 Å². The maximum absolute atomic E-state index is 12.8. The Labute approximate surface area is 188 Å². The van der Waals surface area contributed by atoms with Gasteiger partial charge in [0.05, 0.1) is 30.8 Å². The molecule has 8 heteroatoms. The van der Waals surface area contributed by atoms with Gasteiger partial charge >= 0.3 is 11.9 Å². The lowest BCUT2D eigenvalue weighted by molar-refractivity contribution is -0.139. The van der Waals surface area contributed by atoms with E-state index < -0.39 is 17.9 Å². The van der Waals surface area contributed by atoms with Gasteiger partial charge in [0.15, 0.2) is 6.61 Å². The molecule has 0 spiro atoms. The van der Waals surface area contributed by atoms with Crippen molar-refractivity contribution in [1.82, 2.24) is 10.2 Å². The van der Waals surface area contributed by atoms with Crippen LogP contribution < -0.4 is 10.1 Å². The third-order valence-corrected chi connectivity index (χ3v) is 5.70. The van der Waals surface area contributed by atoms with Crippen LogP contribution in [-0.4, -0.2) is 56.2 Å². The van der Waals surface area contributed by atoms with Crippen molar-refractivity contribution in [2.75, 3.05) is 33.4 Å². The molecule has 0 bridgehead atoms. The summed E-state index contributed by atoms with van der Waals surface area (Å²) < 4.78 is 15.9. The second kappa shape index (κ2) is 10.3. The molecule has 32 heavy (non-hydrogen) atoms. The number of methoxy groups -OCH3 is 1. The zero-order valence-corrected chi connectivity index (χ0v) is 19.0. The van der Waals surface area contributed by atoms with Gasteiger partial charge in [0, 0.05) is 24.5 Å². The summed E-state index contributed by atoms with van der Waals surface area (Å²) in [7, 11) is 1.31. The van der Waals surface area contributed by atoms with Crippen molar-refractivity contribution in [2.45, 2.75) is 39.5 Å². The number of nitrogens with zero attached hydrogens (tertiary/aromatic N) is 1. The van der Waals surface area contributed by atoms with Crippen LogP contribution in [0.2, 0.25) is 0 Å². The topological polar surface area (TPSA) is 94.2 Å². The van der Waals surface area contributed by atoms with E-state index >= 15 is 0 Å². The van der Waals surface area contributed by atoms with E-state index in [1.165, 1.54) is 7.11 Å². The van der Waals surface area contributed by atoms with Crippen molar-refractivity contribution in [3.05, 3.63) is 52.4 Å². The first-order chi connectivity index (χ1) is 15.4. The molecule has 1 atom stereocenters. The Bertz CT molecular complexity index is 942. The minimum atomic E-state index is -0.650. The Hall–Kier alpha value is -3.29. The van der Waals surface area contributed by atoms with Crippen molar-refractivity contribution in [2.24, 2.45) is 0 Å². The summed E-state index contributed by atoms with van der Waals surface area (Å²) >= 11 is 0. The molecule has 2 aliphatic heterocycles. The highest BCUT2D eigenvalue weighted by molar-refractivity contribution is 5.99. The number of benzene rings is 1. The molecule has 2 heterocycles. The third-order valence-electron chi connectivity index (χ3n) is 5.70. The lowest BCUT2D eigenvalue weighted by Gasteiger charge is -2.30. The Kier molecular flexibility index (Phi) is 7.56. The molecule has 0 aliphatic carbocycles. The van der Waals surface area contributed by atoms with Crippen molar-refractivity contribution in [3.63, 3.8) is 0 Å². The van der Waals surface area contributed by atoms with E-state index in [1.807, 2.05) is 0 Å². The molecule has 0 saturated carbocycles. The molecule has 0 aromatic heterocycles. The zero-order chi connectivity index (χ0) is 23.3. The summed E-state index contributed by atoms with van der Waals surface area (Å²) in [5.41, 5.74) is 2.65. The predicted molar refractivity (Wildman–Crippen MR) is 118 cm³/mol. The van der Waals surface area contributed by atoms with Crippen LogP contribution in [0.15, 0.2) is 46.8 Å². The standard InChI is InChI=1S/C24H30N2O6/c1-5-31-24(29)21-16(3)25-15(2)20(23(28)30-4)22(21)17-8-10-18(11-9-17)32-14-19(27)26-12-6-7-13-26/h8-11,22,25H,5-7,12-14H2,1-4H3. The second-order valence-corrected chi connectivity index (χ2v) is 7.79. The molecule has 1 fully saturated rings. The van der Waals surface area contributed by atoms with Crippen LogP contribution >= 0.6 is 0 Å². The van der Waals surface area contributed by atoms with Crippen molar-refractivity contribution in [1.29, 1.82) is 0 Å². The number of dihydropyridines is 1. The number of nitrogens with one attached hydrogen (secondary N) is 1. The maximum atomic E-state index is 12.8. The fourth-order valence-corrected chi connectivity index (χ4v) is 4.15. The first-order valence-corrected chi connectivity index (χ1v) is 10.8. The van der Waals surface area contributed by atoms with Crippen LogP contribution in [0.4, 0.5) is 0 Å². The Morgan fingerprint density at radius 2 is 1.59 bits per heavy atom. The van der Waals surface area contributed by atoms with Gasteiger partial charge in [-0.25, -0.2) is 9.59 Å². The summed E-state index contributed by atoms with van der Waals surface area (Å²) in [6.07, 6.45) is 2.06. The molecule has 8 nitrogen and oxygen atoms in total. The zero-order valence-electron chi connectivity index (χ0n) is 19.0. The average Bonchev–Trinajstić information content (AvgIpc) is 3.32. The van der Waals surface area contributed by atoms with Gasteiger partial charge in [0.1, 0.15) is 5.75 Å². The van der Waals surface area contributed by atoms with Crippen molar-refractivity contribution >= 4 is 17.8 Å². The highest BCUT2D eigenvalue weighted by Gasteiger charge is 2.37. The van der Waals surface area contributed by atoms with Gasteiger partial charge in [0.2, 0.25) is 0 Å². The van der Waals surface area contributed by atoms with E-state index in [2.05, 4.69) is 5.32 Å². The van der Waals surface area contributed by atoms with Crippen LogP contribution in [-0.2, 0) is 23.9 Å². The molecular weight excluding hydrogens is 412 g/mol. The summed E-state index contributed by atoms with van der Waals surface area (Å²) in [6.45, 7) is 7.03. The number of esters is 2. The number of hydrogen-bond donors (Lipinski definition) is 1. The van der Waals surface area contributed by atoms with E-state index in [1.54, 1.807) is 49.9 Å². The maximum Gasteiger partial charge on any atom is 0.336 e. The van der Waals surface area contributed by atoms with Crippen LogP contribution in [0.25, 0.3) is 0 Å². The lowest BCUT2D eigenvalue weighted by Crippen LogP contribution is -2.32. The molecule has 1 saturated heterocycles. The fraction of sp³-hybridized carbons (Fsp3) is 0.458. The molecule has 0 radical (unpaired) electrons. The van der Waals surface area contributed by atoms with Gasteiger partial charge < -0.3 is 24.4 Å². The van der Waals surface area contributed by atoms with Gasteiger partial charge in [0.25, 0.3) is 5.91 Å². The Morgan fingerprint density at radius 3 is 2.16 bits per heavy atom. The number of amides is 1. The van der Waals surface area contributed by atoms with Gasteiger partial charge in [-0.15, -0.1) is 0 Å². The van der Waals surface area contributed by atoms with Crippen molar-refractivity contribution in [3.8, 4) is 5.75 Å². The Balaban J connectivity index is 1.86. The second-order valence-electron chi connectivity index (χ2n) is 7.79. The Morgan fingerprint density at radius 1 is 1.00 bits per heavy atom. The van der Waals surface area contributed by atoms with E-state index in [4.69, 9.17) is 14.2 Å². The number of carbonyl (C=O) groups is 3. The summed E-state index contributed by atoms with van der Waals surface area (Å²) in [5.74, 6) is -1.16. The molecule has 1 unspecified atom stereocenters. The van der Waals surface area contributed by atoms with Gasteiger partial charge in [-0.05, 0) is 51.3 Å². The predicted octanol–water partition coefficient (Wildman–Crippen LogP) is 2.66. The SMILES string of the molecule is CCOC(=O)C1=C(C)NC(C)=C(C(=O)OC)C1c1ccc(OCC(=O)N2CCCC2)cc1.